The summed E-state index contributed by atoms with van der Waals surface area (Å²) in [5, 5.41) is 0. The molecule has 0 amide bonds. The average molecular weight is 194 g/mol. The van der Waals surface area contributed by atoms with E-state index in [9.17, 15) is 0 Å². The molecule has 0 aliphatic heterocycles. The standard InChI is InChI=1S/C12H22N2/c13-12(10-6-2-1-3-7-10)14-11-8-4-5-9-11/h10-11H,1-9H2,(H2,13,14). The van der Waals surface area contributed by atoms with Gasteiger partial charge < -0.3 is 5.73 Å². The van der Waals surface area contributed by atoms with Crippen molar-refractivity contribution in [2.75, 3.05) is 0 Å². The molecule has 2 rings (SSSR count). The van der Waals surface area contributed by atoms with Crippen molar-refractivity contribution in [2.45, 2.75) is 63.8 Å². The van der Waals surface area contributed by atoms with Gasteiger partial charge >= 0.3 is 0 Å². The molecule has 2 fully saturated rings. The molecule has 80 valence electrons. The van der Waals surface area contributed by atoms with Crippen molar-refractivity contribution in [3.8, 4) is 0 Å². The molecule has 0 saturated heterocycles. The Morgan fingerprint density at radius 1 is 0.857 bits per heavy atom. The van der Waals surface area contributed by atoms with E-state index in [2.05, 4.69) is 0 Å². The second-order valence-electron chi connectivity index (χ2n) is 4.83. The van der Waals surface area contributed by atoms with E-state index >= 15 is 0 Å². The zero-order valence-electron chi connectivity index (χ0n) is 9.04. The SMILES string of the molecule is NC(=NC1CCCC1)C1CCCCC1. The number of nitrogens with zero attached hydrogens (tertiary/aromatic N) is 1. The number of hydrogen-bond acceptors (Lipinski definition) is 1. The van der Waals surface area contributed by atoms with Gasteiger partial charge in [-0.1, -0.05) is 32.1 Å². The predicted molar refractivity (Wildman–Crippen MR) is 60.5 cm³/mol. The molecule has 14 heavy (non-hydrogen) atoms. The van der Waals surface area contributed by atoms with Crippen LogP contribution >= 0.6 is 0 Å². The number of aliphatic imine (C=N–C) groups is 1. The molecule has 0 atom stereocenters. The first-order valence-corrected chi connectivity index (χ1v) is 6.19. The van der Waals surface area contributed by atoms with E-state index in [-0.39, 0.29) is 0 Å². The lowest BCUT2D eigenvalue weighted by Gasteiger charge is -2.21. The van der Waals surface area contributed by atoms with Gasteiger partial charge in [0.15, 0.2) is 0 Å². The Hall–Kier alpha value is -0.530. The fraction of sp³-hybridized carbons (Fsp3) is 0.917. The van der Waals surface area contributed by atoms with Crippen molar-refractivity contribution >= 4 is 5.84 Å². The molecular weight excluding hydrogens is 172 g/mol. The average Bonchev–Trinajstić information content (AvgIpc) is 2.72. The maximum atomic E-state index is 6.08. The van der Waals surface area contributed by atoms with Crippen molar-refractivity contribution in [2.24, 2.45) is 16.6 Å². The van der Waals surface area contributed by atoms with Crippen LogP contribution in [-0.4, -0.2) is 11.9 Å². The Kier molecular flexibility index (Phi) is 3.44. The van der Waals surface area contributed by atoms with Crippen LogP contribution in [-0.2, 0) is 0 Å². The van der Waals surface area contributed by atoms with E-state index < -0.39 is 0 Å². The molecule has 0 aromatic carbocycles. The summed E-state index contributed by atoms with van der Waals surface area (Å²) < 4.78 is 0. The fourth-order valence-electron chi connectivity index (χ4n) is 2.75. The summed E-state index contributed by atoms with van der Waals surface area (Å²) in [6.07, 6.45) is 11.9. The first-order chi connectivity index (χ1) is 6.86. The third-order valence-electron chi connectivity index (χ3n) is 3.68. The molecular formula is C12H22N2. The van der Waals surface area contributed by atoms with E-state index in [0.717, 1.165) is 5.84 Å². The first kappa shape index (κ1) is 10.0. The first-order valence-electron chi connectivity index (χ1n) is 6.19. The zero-order valence-corrected chi connectivity index (χ0v) is 9.04. The lowest BCUT2D eigenvalue weighted by molar-refractivity contribution is 0.435. The minimum atomic E-state index is 0.567. The molecule has 2 heteroatoms. The van der Waals surface area contributed by atoms with Crippen LogP contribution in [0.1, 0.15) is 57.8 Å². The lowest BCUT2D eigenvalue weighted by atomic mass is 9.88. The highest BCUT2D eigenvalue weighted by atomic mass is 14.9. The van der Waals surface area contributed by atoms with Crippen LogP contribution in [0.25, 0.3) is 0 Å². The van der Waals surface area contributed by atoms with Gasteiger partial charge in [-0.25, -0.2) is 0 Å². The predicted octanol–water partition coefficient (Wildman–Crippen LogP) is 2.87. The molecule has 0 aromatic rings. The second kappa shape index (κ2) is 4.81. The highest BCUT2D eigenvalue weighted by Gasteiger charge is 2.19. The minimum Gasteiger partial charge on any atom is -0.387 e. The van der Waals surface area contributed by atoms with Gasteiger partial charge in [0, 0.05) is 5.92 Å². The Morgan fingerprint density at radius 2 is 1.43 bits per heavy atom. The van der Waals surface area contributed by atoms with Gasteiger partial charge in [0.1, 0.15) is 0 Å². The zero-order chi connectivity index (χ0) is 9.80. The largest absolute Gasteiger partial charge is 0.387 e. The summed E-state index contributed by atoms with van der Waals surface area (Å²) in [6, 6.07) is 0.567. The normalized spacial score (nSPS) is 27.0. The third kappa shape index (κ3) is 2.49. The Labute approximate surface area is 87.0 Å². The maximum absolute atomic E-state index is 6.08. The third-order valence-corrected chi connectivity index (χ3v) is 3.68. The van der Waals surface area contributed by atoms with Gasteiger partial charge in [-0.2, -0.15) is 0 Å². The van der Waals surface area contributed by atoms with E-state index in [4.69, 9.17) is 10.7 Å². The molecule has 0 spiro atoms. The number of hydrogen-bond donors (Lipinski definition) is 1. The summed E-state index contributed by atoms with van der Waals surface area (Å²) >= 11 is 0. The molecule has 0 aromatic heterocycles. The van der Waals surface area contributed by atoms with E-state index in [1.807, 2.05) is 0 Å². The minimum absolute atomic E-state index is 0.567. The van der Waals surface area contributed by atoms with Crippen LogP contribution in [0.3, 0.4) is 0 Å². The van der Waals surface area contributed by atoms with Crippen molar-refractivity contribution in [3.05, 3.63) is 0 Å². The Morgan fingerprint density at radius 3 is 2.07 bits per heavy atom. The molecule has 2 aliphatic carbocycles. The van der Waals surface area contributed by atoms with Crippen LogP contribution in [0, 0.1) is 5.92 Å². The Bertz CT molecular complexity index is 198. The topological polar surface area (TPSA) is 38.4 Å². The van der Waals surface area contributed by atoms with Gasteiger partial charge in [-0.05, 0) is 25.7 Å². The molecule has 0 unspecified atom stereocenters. The Balaban J connectivity index is 1.87. The van der Waals surface area contributed by atoms with E-state index in [1.165, 1.54) is 57.8 Å². The fourth-order valence-corrected chi connectivity index (χ4v) is 2.75. The van der Waals surface area contributed by atoms with E-state index in [0.29, 0.717) is 12.0 Å². The molecule has 2 N–H and O–H groups in total. The van der Waals surface area contributed by atoms with Crippen molar-refractivity contribution in [1.82, 2.24) is 0 Å². The summed E-state index contributed by atoms with van der Waals surface area (Å²) in [5.74, 6) is 1.58. The molecule has 0 radical (unpaired) electrons. The van der Waals surface area contributed by atoms with Crippen LogP contribution in [0.5, 0.6) is 0 Å². The molecule has 0 bridgehead atoms. The van der Waals surface area contributed by atoms with Crippen molar-refractivity contribution < 1.29 is 0 Å². The van der Waals surface area contributed by atoms with Crippen LogP contribution in [0.2, 0.25) is 0 Å². The van der Waals surface area contributed by atoms with Crippen LogP contribution < -0.4 is 5.73 Å². The molecule has 2 aliphatic rings. The monoisotopic (exact) mass is 194 g/mol. The van der Waals surface area contributed by atoms with Gasteiger partial charge in [-0.15, -0.1) is 0 Å². The van der Waals surface area contributed by atoms with Gasteiger partial charge in [0.2, 0.25) is 0 Å². The maximum Gasteiger partial charge on any atom is 0.0971 e. The van der Waals surface area contributed by atoms with Gasteiger partial charge in [0.05, 0.1) is 11.9 Å². The van der Waals surface area contributed by atoms with Crippen molar-refractivity contribution in [3.63, 3.8) is 0 Å². The molecule has 0 heterocycles. The quantitative estimate of drug-likeness (QED) is 0.533. The second-order valence-corrected chi connectivity index (χ2v) is 4.83. The highest BCUT2D eigenvalue weighted by Crippen LogP contribution is 2.26. The number of amidine groups is 1. The van der Waals surface area contributed by atoms with E-state index in [1.54, 1.807) is 0 Å². The highest BCUT2D eigenvalue weighted by molar-refractivity contribution is 5.83. The summed E-state index contributed by atoms with van der Waals surface area (Å²) in [4.78, 5) is 4.69. The summed E-state index contributed by atoms with van der Waals surface area (Å²) in [5.41, 5.74) is 6.08. The summed E-state index contributed by atoms with van der Waals surface area (Å²) in [7, 11) is 0. The van der Waals surface area contributed by atoms with Gasteiger partial charge in [0.25, 0.3) is 0 Å². The van der Waals surface area contributed by atoms with Crippen LogP contribution in [0.4, 0.5) is 0 Å². The lowest BCUT2D eigenvalue weighted by Crippen LogP contribution is -2.27. The smallest absolute Gasteiger partial charge is 0.0971 e. The number of rotatable bonds is 2. The molecule has 2 saturated carbocycles. The van der Waals surface area contributed by atoms with Crippen LogP contribution in [0.15, 0.2) is 4.99 Å². The van der Waals surface area contributed by atoms with Gasteiger partial charge in [-0.3, -0.25) is 4.99 Å². The molecule has 2 nitrogen and oxygen atoms in total. The summed E-state index contributed by atoms with van der Waals surface area (Å²) in [6.45, 7) is 0. The number of nitrogens with two attached hydrogens (primary N) is 1. The van der Waals surface area contributed by atoms with Crippen molar-refractivity contribution in [1.29, 1.82) is 0 Å².